The van der Waals surface area contributed by atoms with Gasteiger partial charge in [-0.05, 0) is 17.7 Å². The smallest absolute Gasteiger partial charge is 0.357 e. The van der Waals surface area contributed by atoms with Crippen LogP contribution in [0.5, 0.6) is 0 Å². The van der Waals surface area contributed by atoms with Gasteiger partial charge < -0.3 is 10.6 Å². The third-order valence-electron chi connectivity index (χ3n) is 2.50. The van der Waals surface area contributed by atoms with Gasteiger partial charge in [-0.25, -0.2) is 4.98 Å². The number of hydrogen-bond donors (Lipinski definition) is 2. The number of rotatable bonds is 4. The van der Waals surface area contributed by atoms with Gasteiger partial charge >= 0.3 is 6.18 Å². The molecule has 2 rings (SSSR count). The van der Waals surface area contributed by atoms with Crippen LogP contribution in [0.1, 0.15) is 17.4 Å². The monoisotopic (exact) mass is 315 g/mol. The number of carbonyl (C=O) groups excluding carboxylic acids is 1. The number of carbonyl (C=O) groups is 1. The van der Waals surface area contributed by atoms with Gasteiger partial charge in [0.05, 0.1) is 6.20 Å². The summed E-state index contributed by atoms with van der Waals surface area (Å²) < 4.78 is 37.3. The molecule has 1 aromatic carbocycles. The molecule has 0 bridgehead atoms. The van der Waals surface area contributed by atoms with Crippen molar-refractivity contribution in [1.82, 2.24) is 4.98 Å². The summed E-state index contributed by atoms with van der Waals surface area (Å²) in [5.41, 5.74) is 1.53. The standard InChI is InChI=1S/C13H12F3N3OS/c1-8(20)19-10-4-2-9(3-5-10)6-17-12-18-7-11(21-12)13(14,15)16/h2-5,7H,6H2,1H3,(H,17,18)(H,19,20). The molecule has 112 valence electrons. The van der Waals surface area contributed by atoms with E-state index in [4.69, 9.17) is 0 Å². The van der Waals surface area contributed by atoms with Gasteiger partial charge in [0, 0.05) is 19.2 Å². The van der Waals surface area contributed by atoms with Crippen molar-refractivity contribution < 1.29 is 18.0 Å². The number of benzene rings is 1. The Bertz CT molecular complexity index is 622. The minimum atomic E-state index is -4.36. The topological polar surface area (TPSA) is 54.0 Å². The molecule has 0 radical (unpaired) electrons. The molecule has 4 nitrogen and oxygen atoms in total. The first kappa shape index (κ1) is 15.3. The number of alkyl halides is 3. The summed E-state index contributed by atoms with van der Waals surface area (Å²) in [6.45, 7) is 1.77. The maximum Gasteiger partial charge on any atom is 0.427 e. The largest absolute Gasteiger partial charge is 0.427 e. The van der Waals surface area contributed by atoms with Crippen LogP contribution in [0.4, 0.5) is 24.0 Å². The summed E-state index contributed by atoms with van der Waals surface area (Å²) in [5.74, 6) is -0.164. The average Bonchev–Trinajstić information content (AvgIpc) is 2.86. The highest BCUT2D eigenvalue weighted by molar-refractivity contribution is 7.15. The Morgan fingerprint density at radius 3 is 2.48 bits per heavy atom. The van der Waals surface area contributed by atoms with Crippen LogP contribution in [-0.4, -0.2) is 10.9 Å². The van der Waals surface area contributed by atoms with Crippen LogP contribution in [0.2, 0.25) is 0 Å². The molecule has 0 saturated heterocycles. The minimum absolute atomic E-state index is 0.164. The lowest BCUT2D eigenvalue weighted by Gasteiger charge is -2.05. The second-order valence-electron chi connectivity index (χ2n) is 4.26. The van der Waals surface area contributed by atoms with Gasteiger partial charge in [0.2, 0.25) is 5.91 Å². The predicted molar refractivity (Wildman–Crippen MR) is 75.2 cm³/mol. The fraction of sp³-hybridized carbons (Fsp3) is 0.231. The van der Waals surface area contributed by atoms with E-state index < -0.39 is 11.1 Å². The molecule has 2 N–H and O–H groups in total. The van der Waals surface area contributed by atoms with E-state index in [1.165, 1.54) is 6.92 Å². The molecule has 8 heteroatoms. The summed E-state index contributed by atoms with van der Waals surface area (Å²) in [6, 6.07) is 7.00. The van der Waals surface area contributed by atoms with Crippen molar-refractivity contribution in [2.45, 2.75) is 19.6 Å². The Balaban J connectivity index is 1.94. The number of hydrogen-bond acceptors (Lipinski definition) is 4. The number of halogens is 3. The maximum atomic E-state index is 12.4. The van der Waals surface area contributed by atoms with E-state index in [1.54, 1.807) is 24.3 Å². The molecule has 0 aliphatic heterocycles. The zero-order chi connectivity index (χ0) is 15.5. The van der Waals surface area contributed by atoms with Gasteiger partial charge in [0.1, 0.15) is 4.88 Å². The zero-order valence-electron chi connectivity index (χ0n) is 11.0. The molecule has 1 aromatic heterocycles. The minimum Gasteiger partial charge on any atom is -0.357 e. The van der Waals surface area contributed by atoms with Gasteiger partial charge in [-0.1, -0.05) is 23.5 Å². The lowest BCUT2D eigenvalue weighted by molar-refractivity contribution is -0.134. The first-order valence-corrected chi connectivity index (χ1v) is 6.79. The highest BCUT2D eigenvalue weighted by atomic mass is 32.1. The van der Waals surface area contributed by atoms with Gasteiger partial charge in [0.15, 0.2) is 5.13 Å². The van der Waals surface area contributed by atoms with Crippen molar-refractivity contribution in [3.05, 3.63) is 40.9 Å². The first-order valence-electron chi connectivity index (χ1n) is 5.98. The van der Waals surface area contributed by atoms with E-state index in [1.807, 2.05) is 0 Å². The van der Waals surface area contributed by atoms with Crippen molar-refractivity contribution in [1.29, 1.82) is 0 Å². The fourth-order valence-corrected chi connectivity index (χ4v) is 2.25. The van der Waals surface area contributed by atoms with Gasteiger partial charge in [0.25, 0.3) is 0 Å². The molecule has 0 unspecified atom stereocenters. The second kappa shape index (κ2) is 6.13. The van der Waals surface area contributed by atoms with Crippen LogP contribution < -0.4 is 10.6 Å². The van der Waals surface area contributed by atoms with Crippen LogP contribution in [0.15, 0.2) is 30.5 Å². The summed E-state index contributed by atoms with van der Waals surface area (Å²) in [5, 5.41) is 5.68. The summed E-state index contributed by atoms with van der Waals surface area (Å²) in [4.78, 5) is 13.8. The molecule has 0 aliphatic carbocycles. The van der Waals surface area contributed by atoms with Crippen LogP contribution in [0.3, 0.4) is 0 Å². The SMILES string of the molecule is CC(=O)Nc1ccc(CNc2ncc(C(F)(F)F)s2)cc1. The zero-order valence-corrected chi connectivity index (χ0v) is 11.8. The molecular formula is C13H12F3N3OS. The molecule has 0 fully saturated rings. The Labute approximate surface area is 123 Å². The predicted octanol–water partition coefficient (Wildman–Crippen LogP) is 3.73. The first-order chi connectivity index (χ1) is 9.84. The summed E-state index contributed by atoms with van der Waals surface area (Å²) in [7, 11) is 0. The Hall–Kier alpha value is -2.09. The van der Waals surface area contributed by atoms with E-state index in [2.05, 4.69) is 15.6 Å². The van der Waals surface area contributed by atoms with Gasteiger partial charge in [-0.15, -0.1) is 0 Å². The molecular weight excluding hydrogens is 303 g/mol. The van der Waals surface area contributed by atoms with Gasteiger partial charge in [-0.2, -0.15) is 13.2 Å². The van der Waals surface area contributed by atoms with E-state index in [0.29, 0.717) is 23.6 Å². The number of aromatic nitrogens is 1. The van der Waals surface area contributed by atoms with Crippen LogP contribution in [-0.2, 0) is 17.5 Å². The maximum absolute atomic E-state index is 12.4. The van der Waals surface area contributed by atoms with Crippen molar-refractivity contribution in [2.75, 3.05) is 10.6 Å². The number of nitrogens with zero attached hydrogens (tertiary/aromatic N) is 1. The van der Waals surface area contributed by atoms with E-state index in [0.717, 1.165) is 11.8 Å². The molecule has 2 aromatic rings. The highest BCUT2D eigenvalue weighted by Crippen LogP contribution is 2.35. The summed E-state index contributed by atoms with van der Waals surface area (Å²) in [6.07, 6.45) is -3.55. The van der Waals surface area contributed by atoms with Crippen LogP contribution in [0.25, 0.3) is 0 Å². The lowest BCUT2D eigenvalue weighted by atomic mass is 10.2. The second-order valence-corrected chi connectivity index (χ2v) is 5.29. The molecule has 1 heterocycles. The highest BCUT2D eigenvalue weighted by Gasteiger charge is 2.33. The van der Waals surface area contributed by atoms with E-state index in [9.17, 15) is 18.0 Å². The number of thiazole rings is 1. The van der Waals surface area contributed by atoms with Crippen LogP contribution in [0, 0.1) is 0 Å². The van der Waals surface area contributed by atoms with Crippen molar-refractivity contribution in [2.24, 2.45) is 0 Å². The normalized spacial score (nSPS) is 11.2. The van der Waals surface area contributed by atoms with Gasteiger partial charge in [-0.3, -0.25) is 4.79 Å². The van der Waals surface area contributed by atoms with E-state index >= 15 is 0 Å². The molecule has 0 aliphatic rings. The Morgan fingerprint density at radius 1 is 1.29 bits per heavy atom. The molecule has 0 atom stereocenters. The summed E-state index contributed by atoms with van der Waals surface area (Å²) >= 11 is 0.566. The molecule has 21 heavy (non-hydrogen) atoms. The molecule has 1 amide bonds. The molecule has 0 spiro atoms. The number of amides is 1. The van der Waals surface area contributed by atoms with Crippen molar-refractivity contribution in [3.8, 4) is 0 Å². The average molecular weight is 315 g/mol. The molecule has 0 saturated carbocycles. The third-order valence-corrected chi connectivity index (χ3v) is 3.50. The Morgan fingerprint density at radius 2 is 1.95 bits per heavy atom. The van der Waals surface area contributed by atoms with Crippen molar-refractivity contribution in [3.63, 3.8) is 0 Å². The van der Waals surface area contributed by atoms with Crippen molar-refractivity contribution >= 4 is 28.1 Å². The number of nitrogens with one attached hydrogen (secondary N) is 2. The fourth-order valence-electron chi connectivity index (χ4n) is 1.57. The number of anilines is 2. The third kappa shape index (κ3) is 4.45. The Kier molecular flexibility index (Phi) is 4.46. The van der Waals surface area contributed by atoms with E-state index in [-0.39, 0.29) is 11.0 Å². The van der Waals surface area contributed by atoms with Crippen LogP contribution >= 0.6 is 11.3 Å². The lowest BCUT2D eigenvalue weighted by Crippen LogP contribution is -2.06. The quantitative estimate of drug-likeness (QED) is 0.904.